The van der Waals surface area contributed by atoms with Crippen molar-refractivity contribution < 1.29 is 18.0 Å². The number of hydrogen-bond donors (Lipinski definition) is 3. The fourth-order valence-electron chi connectivity index (χ4n) is 2.34. The van der Waals surface area contributed by atoms with Crippen LogP contribution in [0.1, 0.15) is 30.5 Å². The Hall–Kier alpha value is -1.73. The monoisotopic (exact) mass is 276 g/mol. The molecule has 3 N–H and O–H groups in total. The van der Waals surface area contributed by atoms with Crippen molar-refractivity contribution >= 4 is 6.03 Å². The molecular weight excluding hydrogens is 261 g/mol. The summed E-state index contributed by atoms with van der Waals surface area (Å²) in [6.07, 6.45) is -2.94. The van der Waals surface area contributed by atoms with E-state index in [0.29, 0.717) is 18.7 Å². The Morgan fingerprint density at radius 1 is 1.58 bits per heavy atom. The molecule has 8 heteroatoms. The number of aromatic nitrogens is 2. The summed E-state index contributed by atoms with van der Waals surface area (Å²) in [5.41, 5.74) is 0.622. The van der Waals surface area contributed by atoms with Crippen LogP contribution in [-0.4, -0.2) is 35.0 Å². The zero-order valence-electron chi connectivity index (χ0n) is 10.3. The molecule has 2 unspecified atom stereocenters. The number of alkyl halides is 3. The Kier molecular flexibility index (Phi) is 3.68. The minimum atomic E-state index is -4.33. The standard InChI is InChI=1S/C11H15F3N4O/c1-2-15-10(19)17-6-3-8(11(12,13)14)7-5-16-18-9(7)4-6/h5-6,8H,2-4H2,1H3,(H,16,18)(H2,15,17,19). The highest BCUT2D eigenvalue weighted by Crippen LogP contribution is 2.42. The SMILES string of the molecule is CCNC(=O)NC1Cc2[nH]ncc2C(C(F)(F)F)C1. The zero-order chi connectivity index (χ0) is 14.0. The van der Waals surface area contributed by atoms with E-state index in [0.717, 1.165) is 0 Å². The van der Waals surface area contributed by atoms with Crippen LogP contribution in [0.5, 0.6) is 0 Å². The molecular formula is C11H15F3N4O. The molecule has 0 aliphatic heterocycles. The second-order valence-electron chi connectivity index (χ2n) is 4.54. The van der Waals surface area contributed by atoms with Crippen LogP contribution >= 0.6 is 0 Å². The first-order chi connectivity index (χ1) is 8.91. The predicted molar refractivity (Wildman–Crippen MR) is 61.7 cm³/mol. The number of carbonyl (C=O) groups excluding carboxylic acids is 1. The van der Waals surface area contributed by atoms with Crippen molar-refractivity contribution in [2.24, 2.45) is 0 Å². The molecule has 0 fully saturated rings. The molecule has 1 aliphatic rings. The van der Waals surface area contributed by atoms with Crippen LogP contribution in [-0.2, 0) is 6.42 Å². The van der Waals surface area contributed by atoms with E-state index in [9.17, 15) is 18.0 Å². The Morgan fingerprint density at radius 3 is 2.95 bits per heavy atom. The van der Waals surface area contributed by atoms with Gasteiger partial charge in [0.2, 0.25) is 0 Å². The third-order valence-corrected chi connectivity index (χ3v) is 3.17. The molecule has 2 amide bonds. The van der Waals surface area contributed by atoms with Crippen LogP contribution in [0, 0.1) is 0 Å². The second kappa shape index (κ2) is 5.10. The van der Waals surface area contributed by atoms with Crippen LogP contribution in [0.2, 0.25) is 0 Å². The number of carbonyl (C=O) groups is 1. The summed E-state index contributed by atoms with van der Waals surface area (Å²) in [4.78, 5) is 11.4. The lowest BCUT2D eigenvalue weighted by molar-refractivity contribution is -0.154. The number of amides is 2. The van der Waals surface area contributed by atoms with E-state index in [1.165, 1.54) is 6.20 Å². The Bertz CT molecular complexity index is 457. The van der Waals surface area contributed by atoms with Crippen LogP contribution in [0.3, 0.4) is 0 Å². The Morgan fingerprint density at radius 2 is 2.32 bits per heavy atom. The van der Waals surface area contributed by atoms with Crippen molar-refractivity contribution in [1.82, 2.24) is 20.8 Å². The lowest BCUT2D eigenvalue weighted by atomic mass is 9.83. The normalized spacial score (nSPS) is 22.7. The highest BCUT2D eigenvalue weighted by Gasteiger charge is 2.46. The average Bonchev–Trinajstić information content (AvgIpc) is 2.74. The van der Waals surface area contributed by atoms with Gasteiger partial charge in [0.15, 0.2) is 0 Å². The summed E-state index contributed by atoms with van der Waals surface area (Å²) in [5.74, 6) is -1.58. The fourth-order valence-corrected chi connectivity index (χ4v) is 2.34. The zero-order valence-corrected chi connectivity index (χ0v) is 10.3. The van der Waals surface area contributed by atoms with E-state index in [4.69, 9.17) is 0 Å². The first kappa shape index (κ1) is 13.7. The number of aromatic amines is 1. The van der Waals surface area contributed by atoms with Gasteiger partial charge in [0, 0.05) is 30.3 Å². The molecule has 0 saturated heterocycles. The van der Waals surface area contributed by atoms with Crippen LogP contribution < -0.4 is 10.6 Å². The largest absolute Gasteiger partial charge is 0.395 e. The summed E-state index contributed by atoms with van der Waals surface area (Å²) in [7, 11) is 0. The Labute approximate surface area is 108 Å². The number of nitrogens with zero attached hydrogens (tertiary/aromatic N) is 1. The molecule has 0 bridgehead atoms. The molecule has 5 nitrogen and oxygen atoms in total. The van der Waals surface area contributed by atoms with Gasteiger partial charge in [-0.05, 0) is 13.3 Å². The van der Waals surface area contributed by atoms with Crippen LogP contribution in [0.4, 0.5) is 18.0 Å². The number of rotatable bonds is 2. The molecule has 106 valence electrons. The molecule has 0 spiro atoms. The van der Waals surface area contributed by atoms with Gasteiger partial charge in [-0.25, -0.2) is 4.79 Å². The van der Waals surface area contributed by atoms with Crippen LogP contribution in [0.15, 0.2) is 6.20 Å². The van der Waals surface area contributed by atoms with Crippen molar-refractivity contribution in [3.05, 3.63) is 17.5 Å². The fraction of sp³-hybridized carbons (Fsp3) is 0.636. The molecule has 0 radical (unpaired) electrons. The van der Waals surface area contributed by atoms with Crippen molar-refractivity contribution in [1.29, 1.82) is 0 Å². The maximum Gasteiger partial charge on any atom is 0.395 e. The van der Waals surface area contributed by atoms with Gasteiger partial charge < -0.3 is 10.6 Å². The topological polar surface area (TPSA) is 69.8 Å². The molecule has 0 aromatic carbocycles. The van der Waals surface area contributed by atoms with E-state index >= 15 is 0 Å². The molecule has 1 aromatic heterocycles. The van der Waals surface area contributed by atoms with E-state index in [1.54, 1.807) is 6.92 Å². The average molecular weight is 276 g/mol. The van der Waals surface area contributed by atoms with Crippen molar-refractivity contribution in [3.8, 4) is 0 Å². The summed E-state index contributed by atoms with van der Waals surface area (Å²) in [5, 5.41) is 11.3. The molecule has 1 aromatic rings. The second-order valence-corrected chi connectivity index (χ2v) is 4.54. The number of urea groups is 1. The minimum absolute atomic E-state index is 0.160. The van der Waals surface area contributed by atoms with Gasteiger partial charge in [-0.2, -0.15) is 18.3 Å². The van der Waals surface area contributed by atoms with Gasteiger partial charge in [0.25, 0.3) is 0 Å². The van der Waals surface area contributed by atoms with Crippen molar-refractivity contribution in [2.75, 3.05) is 6.54 Å². The molecule has 1 aliphatic carbocycles. The lowest BCUT2D eigenvalue weighted by Gasteiger charge is -2.30. The van der Waals surface area contributed by atoms with E-state index in [2.05, 4.69) is 20.8 Å². The highest BCUT2D eigenvalue weighted by molar-refractivity contribution is 5.74. The Balaban J connectivity index is 2.14. The van der Waals surface area contributed by atoms with Gasteiger partial charge in [0.05, 0.1) is 12.1 Å². The minimum Gasteiger partial charge on any atom is -0.338 e. The summed E-state index contributed by atoms with van der Waals surface area (Å²) in [6, 6.07) is -0.998. The quantitative estimate of drug-likeness (QED) is 0.769. The predicted octanol–water partition coefficient (Wildman–Crippen LogP) is 1.69. The molecule has 1 heterocycles. The van der Waals surface area contributed by atoms with Gasteiger partial charge in [0.1, 0.15) is 0 Å². The van der Waals surface area contributed by atoms with Gasteiger partial charge in [-0.15, -0.1) is 0 Å². The number of halogens is 3. The summed E-state index contributed by atoms with van der Waals surface area (Å²) >= 11 is 0. The third-order valence-electron chi connectivity index (χ3n) is 3.17. The molecule has 19 heavy (non-hydrogen) atoms. The van der Waals surface area contributed by atoms with Gasteiger partial charge in [-0.1, -0.05) is 0 Å². The van der Waals surface area contributed by atoms with Crippen molar-refractivity contribution in [2.45, 2.75) is 37.9 Å². The van der Waals surface area contributed by atoms with E-state index in [1.807, 2.05) is 0 Å². The maximum absolute atomic E-state index is 13.0. The maximum atomic E-state index is 13.0. The first-order valence-electron chi connectivity index (χ1n) is 6.05. The first-order valence-corrected chi connectivity index (χ1v) is 6.05. The van der Waals surface area contributed by atoms with Crippen molar-refractivity contribution in [3.63, 3.8) is 0 Å². The smallest absolute Gasteiger partial charge is 0.338 e. The van der Waals surface area contributed by atoms with Gasteiger partial charge >= 0.3 is 12.2 Å². The van der Waals surface area contributed by atoms with Gasteiger partial charge in [-0.3, -0.25) is 5.10 Å². The number of fused-ring (bicyclic) bond motifs is 1. The number of nitrogens with one attached hydrogen (secondary N) is 3. The van der Waals surface area contributed by atoms with Crippen LogP contribution in [0.25, 0.3) is 0 Å². The third kappa shape index (κ3) is 2.99. The summed E-state index contributed by atoms with van der Waals surface area (Å²) in [6.45, 7) is 2.17. The highest BCUT2D eigenvalue weighted by atomic mass is 19.4. The lowest BCUT2D eigenvalue weighted by Crippen LogP contribution is -2.46. The molecule has 2 atom stereocenters. The summed E-state index contributed by atoms with van der Waals surface area (Å²) < 4.78 is 39.0. The van der Waals surface area contributed by atoms with E-state index in [-0.39, 0.29) is 12.0 Å². The molecule has 2 rings (SSSR count). The number of H-pyrrole nitrogens is 1. The molecule has 0 saturated carbocycles. The van der Waals surface area contributed by atoms with E-state index < -0.39 is 24.2 Å². The number of hydrogen-bond acceptors (Lipinski definition) is 2.